The molecule has 0 N–H and O–H groups in total. The Balaban J connectivity index is 2.14. The fourth-order valence-electron chi connectivity index (χ4n) is 3.58. The van der Waals surface area contributed by atoms with E-state index in [1.54, 1.807) is 14.0 Å². The first-order valence-electron chi connectivity index (χ1n) is 7.82. The Morgan fingerprint density at radius 1 is 1.32 bits per heavy atom. The average Bonchev–Trinajstić information content (AvgIpc) is 2.53. The summed E-state index contributed by atoms with van der Waals surface area (Å²) in [6.07, 6.45) is 4.89. The summed E-state index contributed by atoms with van der Waals surface area (Å²) in [4.78, 5) is 25.7. The van der Waals surface area contributed by atoms with Gasteiger partial charge in [-0.05, 0) is 50.0 Å². The van der Waals surface area contributed by atoms with Crippen LogP contribution in [0, 0.1) is 11.8 Å². The molecule has 1 amide bonds. The molecule has 0 aromatic carbocycles. The minimum atomic E-state index is -0.546. The highest BCUT2D eigenvalue weighted by molar-refractivity contribution is 5.81. The number of fused-ring (bicyclic) bond motifs is 1. The summed E-state index contributed by atoms with van der Waals surface area (Å²) >= 11 is 0. The molecule has 3 atom stereocenters. The Kier molecular flexibility index (Phi) is 5.69. The molecule has 0 spiro atoms. The second-order valence-electron chi connectivity index (χ2n) is 5.90. The van der Waals surface area contributed by atoms with Gasteiger partial charge in [0.1, 0.15) is 6.04 Å². The molecule has 0 aromatic rings. The van der Waals surface area contributed by atoms with E-state index in [1.807, 2.05) is 6.26 Å². The highest BCUT2D eigenvalue weighted by Gasteiger charge is 2.43. The van der Waals surface area contributed by atoms with E-state index < -0.39 is 12.1 Å². The molecule has 1 heterocycles. The molecular weight excluding hydrogens is 286 g/mol. The Labute approximate surface area is 131 Å². The van der Waals surface area contributed by atoms with Gasteiger partial charge in [-0.2, -0.15) is 0 Å². The van der Waals surface area contributed by atoms with Crippen LogP contribution in [0.2, 0.25) is 0 Å². The number of amides is 1. The monoisotopic (exact) mass is 311 g/mol. The van der Waals surface area contributed by atoms with Gasteiger partial charge in [-0.25, -0.2) is 9.59 Å². The maximum Gasteiger partial charge on any atom is 0.410 e. The van der Waals surface area contributed by atoms with Crippen molar-refractivity contribution in [2.24, 2.45) is 11.8 Å². The molecule has 0 aromatic heterocycles. The zero-order valence-corrected chi connectivity index (χ0v) is 13.5. The number of piperidine rings is 1. The van der Waals surface area contributed by atoms with Crippen molar-refractivity contribution < 1.29 is 23.8 Å². The molecule has 3 unspecified atom stereocenters. The van der Waals surface area contributed by atoms with Gasteiger partial charge in [0, 0.05) is 6.54 Å². The molecular formula is C16H25NO5. The predicted molar refractivity (Wildman–Crippen MR) is 80.1 cm³/mol. The summed E-state index contributed by atoms with van der Waals surface area (Å²) in [5, 5.41) is 0. The van der Waals surface area contributed by atoms with Crippen LogP contribution in [-0.2, 0) is 19.0 Å². The van der Waals surface area contributed by atoms with E-state index >= 15 is 0 Å². The molecule has 0 radical (unpaired) electrons. The molecule has 1 aliphatic carbocycles. The third-order valence-corrected chi connectivity index (χ3v) is 4.61. The molecule has 0 bridgehead atoms. The van der Waals surface area contributed by atoms with E-state index in [1.165, 1.54) is 17.6 Å². The summed E-state index contributed by atoms with van der Waals surface area (Å²) < 4.78 is 15.1. The first kappa shape index (κ1) is 16.6. The highest BCUT2D eigenvalue weighted by atomic mass is 16.6. The molecule has 1 aliphatic heterocycles. The topological polar surface area (TPSA) is 65.1 Å². The third kappa shape index (κ3) is 3.54. The molecule has 2 rings (SSSR count). The van der Waals surface area contributed by atoms with Crippen LogP contribution in [0.4, 0.5) is 4.79 Å². The predicted octanol–water partition coefficient (Wildman–Crippen LogP) is 2.34. The Bertz CT molecular complexity index is 448. The molecule has 6 heteroatoms. The van der Waals surface area contributed by atoms with E-state index in [-0.39, 0.29) is 5.97 Å². The maximum absolute atomic E-state index is 12.2. The Hall–Kier alpha value is -1.72. The lowest BCUT2D eigenvalue weighted by Gasteiger charge is -2.44. The first-order valence-corrected chi connectivity index (χ1v) is 7.82. The number of esters is 1. The maximum atomic E-state index is 12.2. The second kappa shape index (κ2) is 7.51. The number of likely N-dealkylation sites (tertiary alicyclic amines) is 1. The summed E-state index contributed by atoms with van der Waals surface area (Å²) in [5.41, 5.74) is 1.28. The van der Waals surface area contributed by atoms with Crippen molar-refractivity contribution in [1.82, 2.24) is 4.90 Å². The van der Waals surface area contributed by atoms with Gasteiger partial charge in [-0.3, -0.25) is 4.90 Å². The SMILES string of the molecule is CCOC(=O)C1CC2C/C(=C/OC)CCC2CN1C(=O)OC. The van der Waals surface area contributed by atoms with Crippen LogP contribution < -0.4 is 0 Å². The minimum Gasteiger partial charge on any atom is -0.504 e. The Morgan fingerprint density at radius 2 is 2.09 bits per heavy atom. The normalized spacial score (nSPS) is 29.7. The van der Waals surface area contributed by atoms with Gasteiger partial charge in [0.05, 0.1) is 27.1 Å². The third-order valence-electron chi connectivity index (χ3n) is 4.61. The van der Waals surface area contributed by atoms with E-state index in [0.717, 1.165) is 19.3 Å². The van der Waals surface area contributed by atoms with E-state index in [4.69, 9.17) is 14.2 Å². The van der Waals surface area contributed by atoms with Crippen molar-refractivity contribution in [3.63, 3.8) is 0 Å². The van der Waals surface area contributed by atoms with Crippen LogP contribution in [0.25, 0.3) is 0 Å². The van der Waals surface area contributed by atoms with E-state index in [2.05, 4.69) is 0 Å². The molecule has 2 fully saturated rings. The highest BCUT2D eigenvalue weighted by Crippen LogP contribution is 2.41. The number of methoxy groups -OCH3 is 2. The fraction of sp³-hybridized carbons (Fsp3) is 0.750. The first-order chi connectivity index (χ1) is 10.6. The number of rotatable bonds is 3. The molecule has 22 heavy (non-hydrogen) atoms. The van der Waals surface area contributed by atoms with Crippen molar-refractivity contribution >= 4 is 12.1 Å². The van der Waals surface area contributed by atoms with Crippen LogP contribution in [0.3, 0.4) is 0 Å². The van der Waals surface area contributed by atoms with Gasteiger partial charge >= 0.3 is 12.1 Å². The number of nitrogens with zero attached hydrogens (tertiary/aromatic N) is 1. The van der Waals surface area contributed by atoms with Crippen LogP contribution in [0.5, 0.6) is 0 Å². The summed E-state index contributed by atoms with van der Waals surface area (Å²) in [5.74, 6) is 0.443. The molecule has 124 valence electrons. The lowest BCUT2D eigenvalue weighted by Crippen LogP contribution is -2.54. The fourth-order valence-corrected chi connectivity index (χ4v) is 3.58. The van der Waals surface area contributed by atoms with Gasteiger partial charge < -0.3 is 14.2 Å². The van der Waals surface area contributed by atoms with Crippen molar-refractivity contribution in [3.05, 3.63) is 11.8 Å². The number of allylic oxidation sites excluding steroid dienone is 1. The van der Waals surface area contributed by atoms with Crippen LogP contribution in [0.15, 0.2) is 11.8 Å². The number of ether oxygens (including phenoxy) is 3. The standard InChI is InChI=1S/C16H25NO5/c1-4-22-15(18)14-8-13-7-11(10-20-2)5-6-12(13)9-17(14)16(19)21-3/h10,12-14H,4-9H2,1-3H3/b11-10+. The number of carbonyl (C=O) groups excluding carboxylic acids is 2. The average molecular weight is 311 g/mol. The largest absolute Gasteiger partial charge is 0.504 e. The van der Waals surface area contributed by atoms with E-state index in [9.17, 15) is 9.59 Å². The smallest absolute Gasteiger partial charge is 0.410 e. The lowest BCUT2D eigenvalue weighted by molar-refractivity contribution is -0.152. The molecule has 6 nitrogen and oxygen atoms in total. The van der Waals surface area contributed by atoms with Crippen LogP contribution >= 0.6 is 0 Å². The number of carbonyl (C=O) groups is 2. The molecule has 1 saturated carbocycles. The van der Waals surface area contributed by atoms with Crippen LogP contribution in [0.1, 0.15) is 32.6 Å². The van der Waals surface area contributed by atoms with Gasteiger partial charge in [0.25, 0.3) is 0 Å². The number of hydrogen-bond donors (Lipinski definition) is 0. The second-order valence-corrected chi connectivity index (χ2v) is 5.90. The van der Waals surface area contributed by atoms with Crippen molar-refractivity contribution in [2.75, 3.05) is 27.4 Å². The zero-order chi connectivity index (χ0) is 16.1. The quantitative estimate of drug-likeness (QED) is 0.591. The van der Waals surface area contributed by atoms with Gasteiger partial charge in [0.15, 0.2) is 0 Å². The zero-order valence-electron chi connectivity index (χ0n) is 13.5. The molecule has 1 saturated heterocycles. The summed E-state index contributed by atoms with van der Waals surface area (Å²) in [6.45, 7) is 2.64. The van der Waals surface area contributed by atoms with E-state index in [0.29, 0.717) is 31.4 Å². The minimum absolute atomic E-state index is 0.313. The van der Waals surface area contributed by atoms with Crippen LogP contribution in [-0.4, -0.2) is 50.4 Å². The van der Waals surface area contributed by atoms with Crippen molar-refractivity contribution in [2.45, 2.75) is 38.6 Å². The van der Waals surface area contributed by atoms with Gasteiger partial charge in [-0.1, -0.05) is 0 Å². The lowest BCUT2D eigenvalue weighted by atomic mass is 9.71. The van der Waals surface area contributed by atoms with Gasteiger partial charge in [0.2, 0.25) is 0 Å². The summed E-state index contributed by atoms with van der Waals surface area (Å²) in [7, 11) is 3.00. The summed E-state index contributed by atoms with van der Waals surface area (Å²) in [6, 6.07) is -0.546. The molecule has 2 aliphatic rings. The van der Waals surface area contributed by atoms with Gasteiger partial charge in [-0.15, -0.1) is 0 Å². The Morgan fingerprint density at radius 3 is 2.73 bits per heavy atom. The van der Waals surface area contributed by atoms with Crippen molar-refractivity contribution in [3.8, 4) is 0 Å². The number of hydrogen-bond acceptors (Lipinski definition) is 5. The van der Waals surface area contributed by atoms with Crippen molar-refractivity contribution in [1.29, 1.82) is 0 Å².